The van der Waals surface area contributed by atoms with E-state index in [0.29, 0.717) is 11.8 Å². The summed E-state index contributed by atoms with van der Waals surface area (Å²) in [4.78, 5) is 2.45. The molecule has 0 amide bonds. The van der Waals surface area contributed by atoms with E-state index in [9.17, 15) is 0 Å². The summed E-state index contributed by atoms with van der Waals surface area (Å²) in [5, 5.41) is 6.88. The second kappa shape index (κ2) is 10.5. The highest BCUT2D eigenvalue weighted by molar-refractivity contribution is 5.28. The molecule has 7 atom stereocenters. The molecule has 2 unspecified atom stereocenters. The quantitative estimate of drug-likeness (QED) is 0.383. The summed E-state index contributed by atoms with van der Waals surface area (Å²) in [7, 11) is 1.73. The Kier molecular flexibility index (Phi) is 7.66. The molecule has 8 heteroatoms. The predicted molar refractivity (Wildman–Crippen MR) is 127 cm³/mol. The number of methoxy groups -OCH3 is 1. The molecule has 8 nitrogen and oxygen atoms in total. The molecule has 3 heterocycles. The van der Waals surface area contributed by atoms with E-state index in [-0.39, 0.29) is 30.5 Å². The molecule has 4 rings (SSSR count). The van der Waals surface area contributed by atoms with E-state index in [1.54, 1.807) is 13.3 Å². The first-order valence-corrected chi connectivity index (χ1v) is 12.2. The van der Waals surface area contributed by atoms with Gasteiger partial charge in [0.1, 0.15) is 0 Å². The zero-order valence-corrected chi connectivity index (χ0v) is 19.9. The van der Waals surface area contributed by atoms with Gasteiger partial charge in [-0.1, -0.05) is 6.58 Å². The number of hydrazine groups is 1. The number of nitrogens with zero attached hydrogens (tertiary/aromatic N) is 1. The molecule has 32 heavy (non-hydrogen) atoms. The van der Waals surface area contributed by atoms with Gasteiger partial charge in [-0.2, -0.15) is 0 Å². The fourth-order valence-electron chi connectivity index (χ4n) is 5.96. The van der Waals surface area contributed by atoms with Gasteiger partial charge in [0.05, 0.1) is 31.5 Å². The average molecular weight is 447 g/mol. The lowest BCUT2D eigenvalue weighted by atomic mass is 9.74. The van der Waals surface area contributed by atoms with Crippen molar-refractivity contribution in [3.8, 4) is 0 Å². The Morgan fingerprint density at radius 1 is 1.34 bits per heavy atom. The van der Waals surface area contributed by atoms with Crippen molar-refractivity contribution in [2.24, 2.45) is 17.6 Å². The molecule has 0 radical (unpaired) electrons. The number of nitrogens with two attached hydrogens (primary N) is 1. The monoisotopic (exact) mass is 446 g/mol. The molecule has 0 saturated carbocycles. The Morgan fingerprint density at radius 2 is 2.12 bits per heavy atom. The van der Waals surface area contributed by atoms with Crippen LogP contribution < -0.4 is 27.2 Å². The number of allylic oxidation sites excluding steroid dienone is 2. The SMILES string of the molecule is C=CNC(C[C@@H](N)[C@@H]1NNC2=C1C[C@@H](C1CC=C(OC)NC1)CC2)N1C[C@@H](C)O[C@@H](C)C1. The zero-order chi connectivity index (χ0) is 22.7. The standard InChI is InChI=1S/C24H42N6O2/c1-5-26-22(30-13-15(2)32-16(3)14-30)11-20(25)24-19-10-17(6-8-21(19)28-29-24)18-7-9-23(31-4)27-12-18/h5,9,15-18,20,22,24,26-29H,1,6-8,10-14,25H2,2-4H3/t15-,16+,17-,18?,20+,22?,24+/m0/s1. The normalized spacial score (nSPS) is 35.1. The number of hydrogen-bond acceptors (Lipinski definition) is 8. The second-order valence-corrected chi connectivity index (χ2v) is 9.90. The van der Waals surface area contributed by atoms with Gasteiger partial charge < -0.3 is 31.3 Å². The van der Waals surface area contributed by atoms with Crippen molar-refractivity contribution in [3.63, 3.8) is 0 Å². The van der Waals surface area contributed by atoms with E-state index in [1.165, 1.54) is 17.7 Å². The lowest BCUT2D eigenvalue weighted by Gasteiger charge is -2.41. The molecule has 1 aliphatic carbocycles. The van der Waals surface area contributed by atoms with Gasteiger partial charge in [-0.25, -0.2) is 5.43 Å². The molecule has 0 aromatic carbocycles. The zero-order valence-electron chi connectivity index (χ0n) is 19.9. The summed E-state index contributed by atoms with van der Waals surface area (Å²) >= 11 is 0. The first-order valence-electron chi connectivity index (χ1n) is 12.2. The van der Waals surface area contributed by atoms with Crippen LogP contribution in [0.3, 0.4) is 0 Å². The van der Waals surface area contributed by atoms with Crippen LogP contribution in [0.1, 0.15) is 46.0 Å². The van der Waals surface area contributed by atoms with E-state index in [1.807, 2.05) is 0 Å². The largest absolute Gasteiger partial charge is 0.483 e. The van der Waals surface area contributed by atoms with Crippen LogP contribution in [0.4, 0.5) is 0 Å². The van der Waals surface area contributed by atoms with Gasteiger partial charge in [0.2, 0.25) is 0 Å². The lowest BCUT2D eigenvalue weighted by Crippen LogP contribution is -2.57. The van der Waals surface area contributed by atoms with Gasteiger partial charge in [-0.15, -0.1) is 0 Å². The topological polar surface area (TPSA) is 95.8 Å². The van der Waals surface area contributed by atoms with Crippen molar-refractivity contribution < 1.29 is 9.47 Å². The van der Waals surface area contributed by atoms with Crippen molar-refractivity contribution in [2.45, 2.75) is 76.4 Å². The van der Waals surface area contributed by atoms with E-state index in [0.717, 1.165) is 51.2 Å². The van der Waals surface area contributed by atoms with Crippen LogP contribution in [-0.4, -0.2) is 62.1 Å². The molecule has 3 aliphatic heterocycles. The van der Waals surface area contributed by atoms with Crippen LogP contribution in [0.15, 0.2) is 36.0 Å². The van der Waals surface area contributed by atoms with Crippen molar-refractivity contribution in [2.75, 3.05) is 26.7 Å². The van der Waals surface area contributed by atoms with Crippen molar-refractivity contribution in [1.29, 1.82) is 0 Å². The van der Waals surface area contributed by atoms with Crippen molar-refractivity contribution in [1.82, 2.24) is 26.4 Å². The smallest absolute Gasteiger partial charge is 0.182 e. The Bertz CT molecular complexity index is 715. The van der Waals surface area contributed by atoms with Gasteiger partial charge in [0.15, 0.2) is 5.88 Å². The van der Waals surface area contributed by atoms with Gasteiger partial charge in [0.25, 0.3) is 0 Å². The number of ether oxygens (including phenoxy) is 2. The predicted octanol–water partition coefficient (Wildman–Crippen LogP) is 1.50. The van der Waals surface area contributed by atoms with Gasteiger partial charge >= 0.3 is 0 Å². The molecule has 0 aromatic heterocycles. The van der Waals surface area contributed by atoms with Crippen LogP contribution >= 0.6 is 0 Å². The van der Waals surface area contributed by atoms with Crippen LogP contribution in [0.2, 0.25) is 0 Å². The highest BCUT2D eigenvalue weighted by Gasteiger charge is 2.38. The Labute approximate surface area is 193 Å². The average Bonchev–Trinajstić information content (AvgIpc) is 3.21. The molecule has 1 fully saturated rings. The number of rotatable bonds is 8. The maximum absolute atomic E-state index is 6.85. The molecule has 4 aliphatic rings. The molecule has 1 saturated heterocycles. The van der Waals surface area contributed by atoms with E-state index in [4.69, 9.17) is 15.2 Å². The Hall–Kier alpha value is -1.74. The van der Waals surface area contributed by atoms with Gasteiger partial charge in [0, 0.05) is 31.4 Å². The third-order valence-corrected chi connectivity index (χ3v) is 7.54. The highest BCUT2D eigenvalue weighted by atomic mass is 16.5. The number of hydrogen-bond donors (Lipinski definition) is 5. The summed E-state index contributed by atoms with van der Waals surface area (Å²) in [6.45, 7) is 11.0. The van der Waals surface area contributed by atoms with Crippen LogP contribution in [0, 0.1) is 11.8 Å². The molecular formula is C24H42N6O2. The van der Waals surface area contributed by atoms with Crippen molar-refractivity contribution in [3.05, 3.63) is 36.0 Å². The molecular weight excluding hydrogens is 404 g/mol. The lowest BCUT2D eigenvalue weighted by molar-refractivity contribution is -0.0845. The fraction of sp³-hybridized carbons (Fsp3) is 0.750. The van der Waals surface area contributed by atoms with E-state index >= 15 is 0 Å². The highest BCUT2D eigenvalue weighted by Crippen LogP contribution is 2.39. The maximum Gasteiger partial charge on any atom is 0.182 e. The Morgan fingerprint density at radius 3 is 2.78 bits per heavy atom. The first kappa shape index (κ1) is 23.4. The third kappa shape index (κ3) is 5.25. The number of morpholine rings is 1. The minimum Gasteiger partial charge on any atom is -0.483 e. The minimum atomic E-state index is 0.00382. The van der Waals surface area contributed by atoms with Crippen molar-refractivity contribution >= 4 is 0 Å². The summed E-state index contributed by atoms with van der Waals surface area (Å²) in [5.74, 6) is 2.23. The summed E-state index contributed by atoms with van der Waals surface area (Å²) in [6.07, 6.45) is 9.95. The van der Waals surface area contributed by atoms with E-state index < -0.39 is 0 Å². The maximum atomic E-state index is 6.85. The van der Waals surface area contributed by atoms with Crippen LogP contribution in [0.25, 0.3) is 0 Å². The molecule has 0 bridgehead atoms. The molecule has 0 aromatic rings. The summed E-state index contributed by atoms with van der Waals surface area (Å²) in [5.41, 5.74) is 16.7. The Balaban J connectivity index is 1.39. The number of nitrogens with one attached hydrogen (secondary N) is 4. The molecule has 180 valence electrons. The molecule has 6 N–H and O–H groups in total. The van der Waals surface area contributed by atoms with Crippen LogP contribution in [-0.2, 0) is 9.47 Å². The fourth-order valence-corrected chi connectivity index (χ4v) is 5.96. The second-order valence-electron chi connectivity index (χ2n) is 9.90. The summed E-state index contributed by atoms with van der Waals surface area (Å²) in [6, 6.07) is 0.170. The van der Waals surface area contributed by atoms with E-state index in [2.05, 4.69) is 52.9 Å². The van der Waals surface area contributed by atoms with Crippen LogP contribution in [0.5, 0.6) is 0 Å². The van der Waals surface area contributed by atoms with Gasteiger partial charge in [-0.3, -0.25) is 4.90 Å². The summed E-state index contributed by atoms with van der Waals surface area (Å²) < 4.78 is 11.3. The third-order valence-electron chi connectivity index (χ3n) is 7.54. The first-order chi connectivity index (χ1) is 15.5. The molecule has 0 spiro atoms. The van der Waals surface area contributed by atoms with Gasteiger partial charge in [-0.05, 0) is 75.6 Å². The minimum absolute atomic E-state index is 0.00382.